The van der Waals surface area contributed by atoms with Crippen LogP contribution in [0.5, 0.6) is 0 Å². The first kappa shape index (κ1) is 16.9. The van der Waals surface area contributed by atoms with Crippen molar-refractivity contribution in [3.63, 3.8) is 0 Å². The predicted molar refractivity (Wildman–Crippen MR) is 93.5 cm³/mol. The number of aromatic carboxylic acids is 1. The highest BCUT2D eigenvalue weighted by molar-refractivity contribution is 5.86. The maximum atomic E-state index is 11.3. The first-order valence-corrected chi connectivity index (χ1v) is 9.25. The van der Waals surface area contributed by atoms with E-state index >= 15 is 0 Å². The van der Waals surface area contributed by atoms with Gasteiger partial charge in [0, 0.05) is 23.4 Å². The van der Waals surface area contributed by atoms with Gasteiger partial charge in [-0.25, -0.2) is 14.3 Å². The SMILES string of the molecule is CCC(CC)c1cc(CC2CCCCC2)nc2cc(C(=O)O)nn12. The van der Waals surface area contributed by atoms with Crippen LogP contribution in [0.3, 0.4) is 0 Å². The Hall–Kier alpha value is -1.91. The first-order valence-electron chi connectivity index (χ1n) is 9.25. The van der Waals surface area contributed by atoms with Gasteiger partial charge in [-0.15, -0.1) is 0 Å². The van der Waals surface area contributed by atoms with Crippen LogP contribution in [0, 0.1) is 5.92 Å². The highest BCUT2D eigenvalue weighted by Gasteiger charge is 2.20. The van der Waals surface area contributed by atoms with Crippen LogP contribution >= 0.6 is 0 Å². The van der Waals surface area contributed by atoms with Gasteiger partial charge in [-0.1, -0.05) is 46.0 Å². The molecule has 2 aromatic rings. The fourth-order valence-electron chi connectivity index (χ4n) is 3.95. The summed E-state index contributed by atoms with van der Waals surface area (Å²) >= 11 is 0. The van der Waals surface area contributed by atoms with E-state index in [4.69, 9.17) is 4.98 Å². The van der Waals surface area contributed by atoms with Crippen molar-refractivity contribution in [2.24, 2.45) is 5.92 Å². The standard InChI is InChI=1S/C19H27N3O2/c1-3-14(4-2)17-11-15(10-13-8-6-5-7-9-13)20-18-12-16(19(23)24)21-22(17)18/h11-14H,3-10H2,1-2H3,(H,23,24). The first-order chi connectivity index (χ1) is 11.6. The molecule has 24 heavy (non-hydrogen) atoms. The number of nitrogens with zero attached hydrogens (tertiary/aromatic N) is 3. The molecule has 1 saturated carbocycles. The van der Waals surface area contributed by atoms with Crippen molar-refractivity contribution in [2.45, 2.75) is 71.1 Å². The Bertz CT molecular complexity index is 713. The molecule has 0 aliphatic heterocycles. The second-order valence-electron chi connectivity index (χ2n) is 7.00. The van der Waals surface area contributed by atoms with Crippen LogP contribution in [0.2, 0.25) is 0 Å². The predicted octanol–water partition coefficient (Wildman–Crippen LogP) is 4.45. The summed E-state index contributed by atoms with van der Waals surface area (Å²) in [5.74, 6) is 0.0945. The average Bonchev–Trinajstić information content (AvgIpc) is 3.01. The molecular weight excluding hydrogens is 302 g/mol. The van der Waals surface area contributed by atoms with Gasteiger partial charge in [0.2, 0.25) is 0 Å². The van der Waals surface area contributed by atoms with E-state index in [0.29, 0.717) is 17.5 Å². The summed E-state index contributed by atoms with van der Waals surface area (Å²) in [7, 11) is 0. The van der Waals surface area contributed by atoms with E-state index in [1.54, 1.807) is 10.6 Å². The molecule has 5 nitrogen and oxygen atoms in total. The molecule has 0 bridgehead atoms. The molecule has 0 radical (unpaired) electrons. The van der Waals surface area contributed by atoms with Crippen molar-refractivity contribution >= 4 is 11.6 Å². The van der Waals surface area contributed by atoms with E-state index in [0.717, 1.165) is 30.7 Å². The summed E-state index contributed by atoms with van der Waals surface area (Å²) in [6.07, 6.45) is 9.59. The number of carboxylic acids is 1. The van der Waals surface area contributed by atoms with Crippen LogP contribution < -0.4 is 0 Å². The lowest BCUT2D eigenvalue weighted by Gasteiger charge is -2.22. The van der Waals surface area contributed by atoms with Gasteiger partial charge in [-0.2, -0.15) is 5.10 Å². The molecule has 0 saturated heterocycles. The van der Waals surface area contributed by atoms with Crippen molar-refractivity contribution in [3.8, 4) is 0 Å². The molecule has 2 aromatic heterocycles. The summed E-state index contributed by atoms with van der Waals surface area (Å²) < 4.78 is 1.74. The average molecular weight is 329 g/mol. The van der Waals surface area contributed by atoms with E-state index in [9.17, 15) is 9.90 Å². The van der Waals surface area contributed by atoms with Gasteiger partial charge in [0.15, 0.2) is 11.3 Å². The lowest BCUT2D eigenvalue weighted by molar-refractivity contribution is 0.0690. The minimum atomic E-state index is -0.996. The van der Waals surface area contributed by atoms with Crippen LogP contribution in [-0.4, -0.2) is 25.7 Å². The third-order valence-electron chi connectivity index (χ3n) is 5.35. The second-order valence-corrected chi connectivity index (χ2v) is 7.00. The van der Waals surface area contributed by atoms with Crippen molar-refractivity contribution < 1.29 is 9.90 Å². The number of hydrogen-bond acceptors (Lipinski definition) is 3. The molecule has 3 rings (SSSR count). The van der Waals surface area contributed by atoms with Gasteiger partial charge in [-0.05, 0) is 31.2 Å². The fourth-order valence-corrected chi connectivity index (χ4v) is 3.95. The third kappa shape index (κ3) is 3.45. The Morgan fingerprint density at radius 3 is 2.58 bits per heavy atom. The molecule has 1 N–H and O–H groups in total. The summed E-state index contributed by atoms with van der Waals surface area (Å²) in [6, 6.07) is 3.76. The molecule has 0 amide bonds. The largest absolute Gasteiger partial charge is 0.476 e. The molecule has 5 heteroatoms. The lowest BCUT2D eigenvalue weighted by atomic mass is 9.85. The maximum absolute atomic E-state index is 11.3. The van der Waals surface area contributed by atoms with Crippen LogP contribution in [0.1, 0.15) is 86.6 Å². The Balaban J connectivity index is 2.01. The van der Waals surface area contributed by atoms with E-state index in [2.05, 4.69) is 25.0 Å². The Morgan fingerprint density at radius 1 is 1.25 bits per heavy atom. The van der Waals surface area contributed by atoms with Gasteiger partial charge < -0.3 is 5.11 Å². The van der Waals surface area contributed by atoms with Crippen LogP contribution in [0.15, 0.2) is 12.1 Å². The number of carbonyl (C=O) groups is 1. The Kier molecular flexibility index (Phi) is 5.17. The van der Waals surface area contributed by atoms with Gasteiger partial charge in [0.05, 0.1) is 0 Å². The van der Waals surface area contributed by atoms with Crippen molar-refractivity contribution in [1.29, 1.82) is 0 Å². The summed E-state index contributed by atoms with van der Waals surface area (Å²) in [5.41, 5.74) is 2.93. The molecule has 0 unspecified atom stereocenters. The van der Waals surface area contributed by atoms with Gasteiger partial charge >= 0.3 is 5.97 Å². The Morgan fingerprint density at radius 2 is 1.96 bits per heavy atom. The normalized spacial score (nSPS) is 16.1. The molecule has 130 valence electrons. The van der Waals surface area contributed by atoms with Gasteiger partial charge in [0.25, 0.3) is 0 Å². The van der Waals surface area contributed by atoms with E-state index in [-0.39, 0.29) is 5.69 Å². The van der Waals surface area contributed by atoms with Crippen molar-refractivity contribution in [1.82, 2.24) is 14.6 Å². The topological polar surface area (TPSA) is 67.5 Å². The van der Waals surface area contributed by atoms with E-state index in [1.807, 2.05) is 0 Å². The highest BCUT2D eigenvalue weighted by Crippen LogP contribution is 2.29. The van der Waals surface area contributed by atoms with Crippen LogP contribution in [0.25, 0.3) is 5.65 Å². The number of hydrogen-bond donors (Lipinski definition) is 1. The number of carboxylic acid groups (broad SMARTS) is 1. The molecular formula is C19H27N3O2. The van der Waals surface area contributed by atoms with Crippen molar-refractivity contribution in [3.05, 3.63) is 29.2 Å². The highest BCUT2D eigenvalue weighted by atomic mass is 16.4. The van der Waals surface area contributed by atoms with Gasteiger partial charge in [-0.3, -0.25) is 0 Å². The maximum Gasteiger partial charge on any atom is 0.356 e. The van der Waals surface area contributed by atoms with Crippen molar-refractivity contribution in [2.75, 3.05) is 0 Å². The second kappa shape index (κ2) is 7.32. The lowest BCUT2D eigenvalue weighted by Crippen LogP contribution is -2.13. The molecule has 2 heterocycles. The summed E-state index contributed by atoms with van der Waals surface area (Å²) in [6.45, 7) is 4.34. The monoisotopic (exact) mass is 329 g/mol. The molecule has 1 aliphatic rings. The minimum Gasteiger partial charge on any atom is -0.476 e. The molecule has 1 fully saturated rings. The summed E-state index contributed by atoms with van der Waals surface area (Å²) in [4.78, 5) is 16.0. The summed E-state index contributed by atoms with van der Waals surface area (Å²) in [5, 5.41) is 13.5. The number of rotatable bonds is 6. The minimum absolute atomic E-state index is 0.0736. The van der Waals surface area contributed by atoms with Crippen LogP contribution in [0.4, 0.5) is 0 Å². The van der Waals surface area contributed by atoms with Crippen LogP contribution in [-0.2, 0) is 6.42 Å². The molecule has 0 atom stereocenters. The van der Waals surface area contributed by atoms with E-state index < -0.39 is 5.97 Å². The smallest absolute Gasteiger partial charge is 0.356 e. The number of aromatic nitrogens is 3. The third-order valence-corrected chi connectivity index (χ3v) is 5.35. The fraction of sp³-hybridized carbons (Fsp3) is 0.632. The van der Waals surface area contributed by atoms with E-state index in [1.165, 1.54) is 32.1 Å². The van der Waals surface area contributed by atoms with Gasteiger partial charge in [0.1, 0.15) is 0 Å². The quantitative estimate of drug-likeness (QED) is 0.850. The zero-order chi connectivity index (χ0) is 17.1. The number of fused-ring (bicyclic) bond motifs is 1. The molecule has 1 aliphatic carbocycles. The zero-order valence-electron chi connectivity index (χ0n) is 14.7. The molecule has 0 aromatic carbocycles. The Labute approximate surface area is 143 Å². The zero-order valence-corrected chi connectivity index (χ0v) is 14.7. The molecule has 0 spiro atoms.